The minimum atomic E-state index is -3.51. The maximum atomic E-state index is 13.0. The number of pyridine rings is 1. The summed E-state index contributed by atoms with van der Waals surface area (Å²) in [7, 11) is -3.51. The van der Waals surface area contributed by atoms with Gasteiger partial charge in [0.25, 0.3) is 10.0 Å². The van der Waals surface area contributed by atoms with E-state index in [0.717, 1.165) is 29.7 Å². The van der Waals surface area contributed by atoms with E-state index in [9.17, 15) is 8.42 Å². The molecular formula is C23H21N3O2S. The Hall–Kier alpha value is -2.99. The molecule has 0 N–H and O–H groups in total. The van der Waals surface area contributed by atoms with Crippen LogP contribution < -0.4 is 4.31 Å². The number of fused-ring (bicyclic) bond motifs is 1. The van der Waals surface area contributed by atoms with Crippen LogP contribution in [0.25, 0.3) is 0 Å². The van der Waals surface area contributed by atoms with E-state index in [2.05, 4.69) is 17.1 Å². The maximum Gasteiger partial charge on any atom is 0.264 e. The number of aromatic nitrogens is 1. The van der Waals surface area contributed by atoms with Gasteiger partial charge in [-0.05, 0) is 59.9 Å². The summed E-state index contributed by atoms with van der Waals surface area (Å²) in [6.07, 6.45) is 7.22. The van der Waals surface area contributed by atoms with Crippen molar-refractivity contribution in [3.05, 3.63) is 89.7 Å². The average molecular weight is 404 g/mol. The number of aliphatic imine (C=N–C) groups is 1. The molecule has 6 heteroatoms. The molecule has 29 heavy (non-hydrogen) atoms. The van der Waals surface area contributed by atoms with E-state index >= 15 is 0 Å². The molecule has 1 aliphatic carbocycles. The van der Waals surface area contributed by atoms with Gasteiger partial charge in [-0.1, -0.05) is 30.3 Å². The van der Waals surface area contributed by atoms with Gasteiger partial charge in [-0.15, -0.1) is 0 Å². The van der Waals surface area contributed by atoms with Crippen LogP contribution in [-0.4, -0.2) is 32.2 Å². The highest BCUT2D eigenvalue weighted by Gasteiger charge is 2.39. The van der Waals surface area contributed by atoms with E-state index < -0.39 is 10.0 Å². The maximum absolute atomic E-state index is 13.0. The highest BCUT2D eigenvalue weighted by atomic mass is 32.2. The van der Waals surface area contributed by atoms with Crippen molar-refractivity contribution in [3.8, 4) is 0 Å². The summed E-state index contributed by atoms with van der Waals surface area (Å²) in [5.41, 5.74) is 4.21. The lowest BCUT2D eigenvalue weighted by Crippen LogP contribution is -2.29. The van der Waals surface area contributed by atoms with E-state index in [4.69, 9.17) is 4.99 Å². The average Bonchev–Trinajstić information content (AvgIpc) is 3.41. The minimum Gasteiger partial charge on any atom is -0.289 e. The van der Waals surface area contributed by atoms with E-state index in [0.29, 0.717) is 23.4 Å². The predicted molar refractivity (Wildman–Crippen MR) is 114 cm³/mol. The fourth-order valence-electron chi connectivity index (χ4n) is 3.93. The van der Waals surface area contributed by atoms with Crippen molar-refractivity contribution in [2.45, 2.75) is 29.7 Å². The fraction of sp³-hybridized carbons (Fsp3) is 0.217. The second kappa shape index (κ2) is 7.12. The van der Waals surface area contributed by atoms with Gasteiger partial charge in [0.1, 0.15) is 0 Å². The monoisotopic (exact) mass is 403 g/mol. The van der Waals surface area contributed by atoms with Gasteiger partial charge in [-0.25, -0.2) is 8.42 Å². The molecule has 2 heterocycles. The van der Waals surface area contributed by atoms with Gasteiger partial charge in [0.2, 0.25) is 0 Å². The topological polar surface area (TPSA) is 62.6 Å². The molecule has 1 fully saturated rings. The lowest BCUT2D eigenvalue weighted by atomic mass is 10.0. The van der Waals surface area contributed by atoms with E-state index in [-0.39, 0.29) is 0 Å². The first-order valence-electron chi connectivity index (χ1n) is 9.77. The van der Waals surface area contributed by atoms with Gasteiger partial charge >= 0.3 is 0 Å². The predicted octanol–water partition coefficient (Wildman–Crippen LogP) is 3.81. The normalized spacial score (nSPS) is 20.8. The van der Waals surface area contributed by atoms with Crippen molar-refractivity contribution in [1.29, 1.82) is 0 Å². The minimum absolute atomic E-state index is 0.298. The van der Waals surface area contributed by atoms with Crippen LogP contribution in [0.4, 0.5) is 5.69 Å². The van der Waals surface area contributed by atoms with Crippen LogP contribution in [-0.2, 0) is 16.4 Å². The molecule has 0 spiro atoms. The summed E-state index contributed by atoms with van der Waals surface area (Å²) >= 11 is 0. The number of benzene rings is 2. The summed E-state index contributed by atoms with van der Waals surface area (Å²) in [5.74, 6) is 0.415. The highest BCUT2D eigenvalue weighted by Crippen LogP contribution is 2.45. The third kappa shape index (κ3) is 3.44. The van der Waals surface area contributed by atoms with Gasteiger partial charge in [0.05, 0.1) is 16.6 Å². The third-order valence-electron chi connectivity index (χ3n) is 5.59. The van der Waals surface area contributed by atoms with Crippen LogP contribution in [0.2, 0.25) is 0 Å². The molecular weight excluding hydrogens is 382 g/mol. The number of hydrogen-bond acceptors (Lipinski definition) is 4. The molecule has 0 radical (unpaired) electrons. The molecule has 1 saturated carbocycles. The molecule has 0 bridgehead atoms. The Balaban J connectivity index is 1.34. The second-order valence-corrected chi connectivity index (χ2v) is 9.36. The molecule has 3 aromatic rings. The largest absolute Gasteiger partial charge is 0.289 e. The zero-order chi connectivity index (χ0) is 19.8. The van der Waals surface area contributed by atoms with Crippen molar-refractivity contribution >= 4 is 21.9 Å². The van der Waals surface area contributed by atoms with Crippen LogP contribution in [0, 0.1) is 0 Å². The second-order valence-electron chi connectivity index (χ2n) is 7.50. The Morgan fingerprint density at radius 1 is 1.03 bits per heavy atom. The molecule has 0 amide bonds. The Morgan fingerprint density at radius 2 is 1.83 bits per heavy atom. The highest BCUT2D eigenvalue weighted by molar-refractivity contribution is 7.92. The summed E-state index contributed by atoms with van der Waals surface area (Å²) in [6.45, 7) is 0.490. The van der Waals surface area contributed by atoms with Crippen LogP contribution in [0.15, 0.2) is 82.9 Å². The first kappa shape index (κ1) is 18.1. The lowest BCUT2D eigenvalue weighted by Gasteiger charge is -2.19. The number of hydrogen-bond donors (Lipinski definition) is 0. The zero-order valence-corrected chi connectivity index (χ0v) is 16.7. The van der Waals surface area contributed by atoms with E-state index in [1.165, 1.54) is 9.87 Å². The smallest absolute Gasteiger partial charge is 0.264 e. The number of sulfonamides is 1. The van der Waals surface area contributed by atoms with Crippen molar-refractivity contribution in [1.82, 2.24) is 4.98 Å². The molecule has 1 aliphatic heterocycles. The summed E-state index contributed by atoms with van der Waals surface area (Å²) in [6, 6.07) is 19.0. The Labute approximate surface area is 170 Å². The van der Waals surface area contributed by atoms with Gasteiger partial charge in [-0.3, -0.25) is 14.3 Å². The van der Waals surface area contributed by atoms with Gasteiger partial charge in [-0.2, -0.15) is 0 Å². The Morgan fingerprint density at radius 3 is 2.62 bits per heavy atom. The molecule has 2 unspecified atom stereocenters. The number of rotatable bonds is 5. The zero-order valence-electron chi connectivity index (χ0n) is 15.8. The van der Waals surface area contributed by atoms with Crippen molar-refractivity contribution in [3.63, 3.8) is 0 Å². The van der Waals surface area contributed by atoms with Crippen LogP contribution in [0.3, 0.4) is 0 Å². The van der Waals surface area contributed by atoms with Crippen LogP contribution in [0.1, 0.15) is 29.0 Å². The summed E-state index contributed by atoms with van der Waals surface area (Å²) in [5, 5.41) is 0. The molecule has 146 valence electrons. The molecule has 2 aromatic carbocycles. The molecule has 5 nitrogen and oxygen atoms in total. The van der Waals surface area contributed by atoms with Crippen LogP contribution in [0.5, 0.6) is 0 Å². The summed E-state index contributed by atoms with van der Waals surface area (Å²) < 4.78 is 27.5. The first-order valence-corrected chi connectivity index (χ1v) is 11.2. The third-order valence-corrected chi connectivity index (χ3v) is 7.42. The van der Waals surface area contributed by atoms with Gasteiger partial charge in [0, 0.05) is 31.1 Å². The molecule has 5 rings (SSSR count). The molecule has 2 atom stereocenters. The fourth-order valence-corrected chi connectivity index (χ4v) is 5.45. The van der Waals surface area contributed by atoms with Crippen molar-refractivity contribution < 1.29 is 8.42 Å². The number of nitrogens with zero attached hydrogens (tertiary/aromatic N) is 3. The molecule has 2 aliphatic rings. The van der Waals surface area contributed by atoms with Gasteiger partial charge in [0.15, 0.2) is 0 Å². The SMILES string of the molecule is O=S(=O)(c1ccccc1)N1CCc2cc(C3CC3/N=C/c3ccncc3)ccc21. The van der Waals surface area contributed by atoms with Crippen LogP contribution >= 0.6 is 0 Å². The van der Waals surface area contributed by atoms with Crippen molar-refractivity contribution in [2.24, 2.45) is 4.99 Å². The lowest BCUT2D eigenvalue weighted by molar-refractivity contribution is 0.592. The molecule has 1 aromatic heterocycles. The Kier molecular flexibility index (Phi) is 4.43. The van der Waals surface area contributed by atoms with Crippen molar-refractivity contribution in [2.75, 3.05) is 10.8 Å². The standard InChI is InChI=1S/C23H21N3O2S/c27-29(28,20-4-2-1-3-5-20)26-13-10-19-14-18(6-7-23(19)26)21-15-22(21)25-16-17-8-11-24-12-9-17/h1-9,11-12,14,16,21-22H,10,13,15H2/b25-16+. The Bertz CT molecular complexity index is 1160. The van der Waals surface area contributed by atoms with Gasteiger partial charge < -0.3 is 0 Å². The quantitative estimate of drug-likeness (QED) is 0.609. The van der Waals surface area contributed by atoms with E-state index in [1.807, 2.05) is 30.5 Å². The number of anilines is 1. The van der Waals surface area contributed by atoms with E-state index in [1.54, 1.807) is 36.7 Å². The molecule has 0 saturated heterocycles. The first-order chi connectivity index (χ1) is 14.1. The summed E-state index contributed by atoms with van der Waals surface area (Å²) in [4.78, 5) is 9.05.